The molecule has 10 nitrogen and oxygen atoms in total. The molecule has 0 spiro atoms. The molecule has 0 saturated heterocycles. The maximum atomic E-state index is 10.7. The van der Waals surface area contributed by atoms with E-state index in [1.807, 2.05) is 0 Å². The summed E-state index contributed by atoms with van der Waals surface area (Å²) in [5, 5.41) is 41.0. The largest absolute Gasteiger partial charge is 0.502 e. The minimum absolute atomic E-state index is 0.208. The van der Waals surface area contributed by atoms with Crippen molar-refractivity contribution in [2.45, 2.75) is 0 Å². The lowest BCUT2D eigenvalue weighted by Gasteiger charge is -2.00. The van der Waals surface area contributed by atoms with E-state index in [0.717, 1.165) is 0 Å². The van der Waals surface area contributed by atoms with Crippen molar-refractivity contribution in [1.82, 2.24) is 0 Å². The van der Waals surface area contributed by atoms with Gasteiger partial charge in [-0.25, -0.2) is 0 Å². The second-order valence-corrected chi connectivity index (χ2v) is 5.01. The van der Waals surface area contributed by atoms with Crippen molar-refractivity contribution in [3.63, 3.8) is 0 Å². The number of aromatic hydroxyl groups is 2. The van der Waals surface area contributed by atoms with Crippen molar-refractivity contribution in [2.24, 2.45) is 9.98 Å². The van der Waals surface area contributed by atoms with Gasteiger partial charge in [-0.3, -0.25) is 30.2 Å². The van der Waals surface area contributed by atoms with Crippen LogP contribution in [0.5, 0.6) is 11.5 Å². The van der Waals surface area contributed by atoms with E-state index in [1.165, 1.54) is 48.8 Å². The molecule has 0 aliphatic heterocycles. The van der Waals surface area contributed by atoms with Gasteiger partial charge in [0.1, 0.15) is 0 Å². The second-order valence-electron chi connectivity index (χ2n) is 5.01. The molecule has 0 heterocycles. The highest BCUT2D eigenvalue weighted by Gasteiger charge is 2.15. The minimum Gasteiger partial charge on any atom is -0.502 e. The van der Waals surface area contributed by atoms with Gasteiger partial charge in [0, 0.05) is 35.7 Å². The van der Waals surface area contributed by atoms with Crippen LogP contribution in [0.2, 0.25) is 0 Å². The van der Waals surface area contributed by atoms with Gasteiger partial charge in [-0.05, 0) is 12.1 Å². The van der Waals surface area contributed by atoms with Gasteiger partial charge < -0.3 is 10.2 Å². The third-order valence-electron chi connectivity index (χ3n) is 3.30. The molecule has 2 aromatic rings. The quantitative estimate of drug-likeness (QED) is 0.336. The molecular formula is C16H14N4O6. The molecule has 2 aromatic carbocycles. The van der Waals surface area contributed by atoms with Crippen LogP contribution in [0.4, 0.5) is 11.4 Å². The highest BCUT2D eigenvalue weighted by atomic mass is 16.6. The predicted octanol–water partition coefficient (Wildman–Crippen LogP) is 2.45. The fraction of sp³-hybridized carbons (Fsp3) is 0.125. The topological polar surface area (TPSA) is 151 Å². The zero-order chi connectivity index (χ0) is 19.1. The van der Waals surface area contributed by atoms with Gasteiger partial charge in [0.25, 0.3) is 0 Å². The average Bonchev–Trinajstić information content (AvgIpc) is 2.60. The van der Waals surface area contributed by atoms with Crippen LogP contribution in [0.1, 0.15) is 11.1 Å². The Balaban J connectivity index is 1.97. The molecule has 0 amide bonds. The number of nitrogens with zero attached hydrogens (tertiary/aromatic N) is 4. The summed E-state index contributed by atoms with van der Waals surface area (Å²) in [5.74, 6) is -0.933. The molecule has 26 heavy (non-hydrogen) atoms. The van der Waals surface area contributed by atoms with Gasteiger partial charge >= 0.3 is 11.4 Å². The number of rotatable bonds is 7. The van der Waals surface area contributed by atoms with Crippen LogP contribution in [-0.4, -0.2) is 45.6 Å². The van der Waals surface area contributed by atoms with Crippen LogP contribution in [0.3, 0.4) is 0 Å². The number of aliphatic imine (C=N–C) groups is 2. The summed E-state index contributed by atoms with van der Waals surface area (Å²) in [7, 11) is 0. The molecule has 2 N–H and O–H groups in total. The Kier molecular flexibility index (Phi) is 5.93. The zero-order valence-corrected chi connectivity index (χ0v) is 13.3. The average molecular weight is 358 g/mol. The number of para-hydroxylation sites is 2. The molecule has 0 unspecified atom stereocenters. The summed E-state index contributed by atoms with van der Waals surface area (Å²) in [5.41, 5.74) is -0.403. The molecule has 0 aromatic heterocycles. The van der Waals surface area contributed by atoms with Crippen LogP contribution in [-0.2, 0) is 0 Å². The van der Waals surface area contributed by atoms with E-state index in [0.29, 0.717) is 0 Å². The van der Waals surface area contributed by atoms with Gasteiger partial charge in [-0.2, -0.15) is 0 Å². The minimum atomic E-state index is -0.692. The lowest BCUT2D eigenvalue weighted by Crippen LogP contribution is -1.94. The van der Waals surface area contributed by atoms with E-state index in [4.69, 9.17) is 0 Å². The molecule has 0 aliphatic rings. The molecule has 0 radical (unpaired) electrons. The van der Waals surface area contributed by atoms with Crippen LogP contribution < -0.4 is 0 Å². The van der Waals surface area contributed by atoms with Gasteiger partial charge in [0.2, 0.25) is 11.5 Å². The van der Waals surface area contributed by atoms with Gasteiger partial charge in [-0.1, -0.05) is 12.1 Å². The standard InChI is InChI=1S/C16H14N4O6/c21-15-11(3-1-5-13(15)19(23)24)9-17-7-8-18-10-12-4-2-6-14(16(12)22)20(25)26/h1-6,9-10,21-22H,7-8H2. The first kappa shape index (κ1) is 18.5. The number of nitro groups is 2. The Labute approximate surface area is 147 Å². The first-order chi connectivity index (χ1) is 12.4. The van der Waals surface area contributed by atoms with Gasteiger partial charge in [-0.15, -0.1) is 0 Å². The van der Waals surface area contributed by atoms with E-state index in [2.05, 4.69) is 9.98 Å². The van der Waals surface area contributed by atoms with E-state index < -0.39 is 32.7 Å². The van der Waals surface area contributed by atoms with E-state index >= 15 is 0 Å². The van der Waals surface area contributed by atoms with Gasteiger partial charge in [0.05, 0.1) is 22.9 Å². The fourth-order valence-corrected chi connectivity index (χ4v) is 2.04. The Hall–Kier alpha value is -3.82. The van der Waals surface area contributed by atoms with Crippen molar-refractivity contribution in [2.75, 3.05) is 13.1 Å². The monoisotopic (exact) mass is 358 g/mol. The summed E-state index contributed by atoms with van der Waals surface area (Å²) in [6.07, 6.45) is 2.59. The molecule has 2 rings (SSSR count). The van der Waals surface area contributed by atoms with E-state index in [-0.39, 0.29) is 24.2 Å². The number of hydrogen-bond acceptors (Lipinski definition) is 8. The van der Waals surface area contributed by atoms with Crippen molar-refractivity contribution < 1.29 is 20.1 Å². The molecule has 0 saturated carbocycles. The van der Waals surface area contributed by atoms with E-state index in [9.17, 15) is 30.4 Å². The third kappa shape index (κ3) is 4.38. The number of hydrogen-bond donors (Lipinski definition) is 2. The van der Waals surface area contributed by atoms with Crippen molar-refractivity contribution >= 4 is 23.8 Å². The molecule has 134 valence electrons. The summed E-state index contributed by atoms with van der Waals surface area (Å²) < 4.78 is 0. The Morgan fingerprint density at radius 3 is 1.54 bits per heavy atom. The number of phenols is 2. The smallest absolute Gasteiger partial charge is 0.311 e. The number of phenolic OH excluding ortho intramolecular Hbond substituents is 2. The van der Waals surface area contributed by atoms with Crippen LogP contribution >= 0.6 is 0 Å². The first-order valence-corrected chi connectivity index (χ1v) is 7.34. The lowest BCUT2D eigenvalue weighted by molar-refractivity contribution is -0.386. The van der Waals surface area contributed by atoms with Crippen LogP contribution in [0.25, 0.3) is 0 Å². The van der Waals surface area contributed by atoms with Crippen molar-refractivity contribution in [3.05, 3.63) is 67.8 Å². The van der Waals surface area contributed by atoms with Gasteiger partial charge in [0.15, 0.2) is 0 Å². The maximum Gasteiger partial charge on any atom is 0.311 e. The first-order valence-electron chi connectivity index (χ1n) is 7.34. The molecule has 0 atom stereocenters. The van der Waals surface area contributed by atoms with Crippen molar-refractivity contribution in [3.8, 4) is 11.5 Å². The SMILES string of the molecule is O=[N+]([O-])c1cccc(C=NCCN=Cc2cccc([N+](=O)[O-])c2O)c1O. The Bertz CT molecular complexity index is 821. The highest BCUT2D eigenvalue weighted by Crippen LogP contribution is 2.28. The second kappa shape index (κ2) is 8.33. The summed E-state index contributed by atoms with van der Waals surface area (Å²) in [4.78, 5) is 28.1. The van der Waals surface area contributed by atoms with E-state index in [1.54, 1.807) is 0 Å². The third-order valence-corrected chi connectivity index (χ3v) is 3.30. The summed E-state index contributed by atoms with van der Waals surface area (Å²) >= 11 is 0. The number of nitro benzene ring substituents is 2. The normalized spacial score (nSPS) is 11.2. The molecule has 10 heteroatoms. The molecular weight excluding hydrogens is 344 g/mol. The Morgan fingerprint density at radius 2 is 1.19 bits per heavy atom. The lowest BCUT2D eigenvalue weighted by atomic mass is 10.2. The predicted molar refractivity (Wildman–Crippen MR) is 94.4 cm³/mol. The highest BCUT2D eigenvalue weighted by molar-refractivity contribution is 5.86. The van der Waals surface area contributed by atoms with Crippen LogP contribution in [0, 0.1) is 20.2 Å². The molecule has 0 bridgehead atoms. The fourth-order valence-electron chi connectivity index (χ4n) is 2.04. The van der Waals surface area contributed by atoms with Crippen molar-refractivity contribution in [1.29, 1.82) is 0 Å². The maximum absolute atomic E-state index is 10.7. The molecule has 0 aliphatic carbocycles. The van der Waals surface area contributed by atoms with Crippen LogP contribution in [0.15, 0.2) is 46.4 Å². The Morgan fingerprint density at radius 1 is 0.808 bits per heavy atom. The summed E-state index contributed by atoms with van der Waals surface area (Å²) in [6.45, 7) is 0.433. The molecule has 0 fully saturated rings. The number of benzene rings is 2. The summed E-state index contributed by atoms with van der Waals surface area (Å²) in [6, 6.07) is 8.20. The zero-order valence-electron chi connectivity index (χ0n) is 13.3.